The molecule has 0 bridgehead atoms. The lowest BCUT2D eigenvalue weighted by Gasteiger charge is -2.40. The summed E-state index contributed by atoms with van der Waals surface area (Å²) in [5, 5.41) is -10.3. The van der Waals surface area contributed by atoms with E-state index in [1.54, 1.807) is 0 Å². The monoisotopic (exact) mass is 1320 g/mol. The molecule has 4 unspecified atom stereocenters. The molecule has 0 saturated carbocycles. The summed E-state index contributed by atoms with van der Waals surface area (Å²) >= 11 is -0.141. The average molecular weight is 1320 g/mol. The molecule has 0 radical (unpaired) electrons. The third-order valence-corrected chi connectivity index (χ3v) is 19.0. The molecule has 412 valence electrons. The molecule has 6 nitrogen and oxygen atoms in total. The molecule has 0 fully saturated rings. The zero-order valence-corrected chi connectivity index (χ0v) is 48.2. The molecule has 4 aromatic carbocycles. The van der Waals surface area contributed by atoms with Crippen molar-refractivity contribution in [2.75, 3.05) is 0 Å². The fourth-order valence-electron chi connectivity index (χ4n) is 6.45. The fourth-order valence-corrected chi connectivity index (χ4v) is 12.2. The van der Waals surface area contributed by atoms with Crippen molar-refractivity contribution in [1.29, 1.82) is 0 Å². The lowest BCUT2D eigenvalue weighted by molar-refractivity contribution is -0.597. The van der Waals surface area contributed by atoms with Gasteiger partial charge < -0.3 is 9.11 Å². The summed E-state index contributed by atoms with van der Waals surface area (Å²) in [6.45, 7) is 27.2. The Labute approximate surface area is 446 Å². The van der Waals surface area contributed by atoms with Gasteiger partial charge in [0.25, 0.3) is 10.0 Å². The first-order valence-corrected chi connectivity index (χ1v) is 29.4. The van der Waals surface area contributed by atoms with Crippen molar-refractivity contribution in [1.82, 2.24) is 0 Å². The van der Waals surface area contributed by atoms with Crippen molar-refractivity contribution in [2.45, 2.75) is 151 Å². The summed E-state index contributed by atoms with van der Waals surface area (Å²) in [4.78, 5) is 0. The van der Waals surface area contributed by atoms with Crippen LogP contribution in [-0.2, 0) is 41.9 Å². The van der Waals surface area contributed by atoms with Gasteiger partial charge in [0.05, 0.1) is 0 Å². The predicted molar refractivity (Wildman–Crippen MR) is 250 cm³/mol. The van der Waals surface area contributed by atoms with E-state index in [-0.39, 0.29) is 64.1 Å². The molecule has 0 N–H and O–H groups in total. The van der Waals surface area contributed by atoms with Crippen LogP contribution < -0.4 is 42.4 Å². The van der Waals surface area contributed by atoms with Crippen LogP contribution in [0.25, 0.3) is 0 Å². The minimum Gasteiger partial charge on any atom is -0.745 e. The average Bonchev–Trinajstić information content (AvgIpc) is 3.25. The van der Waals surface area contributed by atoms with E-state index in [4.69, 9.17) is 0 Å². The Bertz CT molecular complexity index is 2510. The second-order valence-corrected chi connectivity index (χ2v) is 30.4. The minimum atomic E-state index is -6.43. The summed E-state index contributed by atoms with van der Waals surface area (Å²) in [5.41, 5.74) is 6.63. The highest BCUT2D eigenvalue weighted by Gasteiger charge is 2.78. The van der Waals surface area contributed by atoms with E-state index >= 15 is 0 Å². The highest BCUT2D eigenvalue weighted by Crippen LogP contribution is 2.54. The van der Waals surface area contributed by atoms with E-state index in [0.29, 0.717) is 0 Å². The molecule has 0 heterocycles. The molecule has 0 amide bonds. The van der Waals surface area contributed by atoms with Crippen LogP contribution in [0.5, 0.6) is 0 Å². The zero-order chi connectivity index (χ0) is 57.3. The Morgan fingerprint density at radius 3 is 0.703 bits per heavy atom. The first-order valence-electron chi connectivity index (χ1n) is 22.3. The van der Waals surface area contributed by atoms with Gasteiger partial charge in [0.1, 0.15) is 20.2 Å². The summed E-state index contributed by atoms with van der Waals surface area (Å²) < 4.78 is 220. The van der Waals surface area contributed by atoms with Crippen LogP contribution >= 0.6 is 0 Å². The van der Waals surface area contributed by atoms with Crippen LogP contribution in [0.15, 0.2) is 121 Å². The molecule has 2 aliphatic rings. The topological polar surface area (TPSA) is 114 Å². The Morgan fingerprint density at radius 2 is 0.554 bits per heavy atom. The third-order valence-electron chi connectivity index (χ3n) is 11.4. The number of hydrogen-bond donors (Lipinski definition) is 0. The van der Waals surface area contributed by atoms with Crippen LogP contribution in [0.3, 0.4) is 0 Å². The van der Waals surface area contributed by atoms with Crippen molar-refractivity contribution in [3.8, 4) is 0 Å². The number of halogens is 14. The van der Waals surface area contributed by atoms with Crippen molar-refractivity contribution in [3.05, 3.63) is 158 Å². The molecular formula is C52H58F12I2O6S2. The molecule has 74 heavy (non-hydrogen) atoms. The van der Waals surface area contributed by atoms with E-state index in [0.717, 1.165) is 0 Å². The van der Waals surface area contributed by atoms with Crippen molar-refractivity contribution in [3.63, 3.8) is 0 Å². The van der Waals surface area contributed by atoms with E-state index < -0.39 is 90.6 Å². The first kappa shape index (κ1) is 65.1. The van der Waals surface area contributed by atoms with Crippen molar-refractivity contribution < 1.29 is 121 Å². The van der Waals surface area contributed by atoms with E-state index in [9.17, 15) is 78.6 Å². The highest BCUT2D eigenvalue weighted by atomic mass is 127. The van der Waals surface area contributed by atoms with Gasteiger partial charge in [-0.25, -0.2) is 34.4 Å². The maximum atomic E-state index is 13.1. The normalized spacial score (nSPS) is 23.2. The van der Waals surface area contributed by atoms with Gasteiger partial charge >= 0.3 is 66.1 Å². The molecule has 0 aliphatic heterocycles. The van der Waals surface area contributed by atoms with Gasteiger partial charge in [-0.1, -0.05) is 132 Å². The molecule has 2 aliphatic carbocycles. The molecule has 6 rings (SSSR count). The van der Waals surface area contributed by atoms with Crippen LogP contribution in [0, 0.1) is 14.3 Å². The third kappa shape index (κ3) is 14.7. The lowest BCUT2D eigenvalue weighted by atomic mass is 9.87. The quantitative estimate of drug-likeness (QED) is 0.0853. The number of alkyl halides is 12. The van der Waals surface area contributed by atoms with Crippen molar-refractivity contribution in [2.24, 2.45) is 0 Å². The van der Waals surface area contributed by atoms with Crippen LogP contribution in [0.2, 0.25) is 0 Å². The smallest absolute Gasteiger partial charge is 0.363 e. The van der Waals surface area contributed by atoms with Crippen LogP contribution in [-0.4, -0.2) is 72.0 Å². The fraction of sp³-hybridized carbons (Fsp3) is 0.462. The summed E-state index contributed by atoms with van der Waals surface area (Å²) in [7, 11) is -12.9. The second-order valence-electron chi connectivity index (χ2n) is 21.3. The number of hydrogen-bond acceptors (Lipinski definition) is 6. The van der Waals surface area contributed by atoms with Gasteiger partial charge in [-0.2, -0.15) is 35.1 Å². The summed E-state index contributed by atoms with van der Waals surface area (Å²) in [6.07, 6.45) is -9.39. The molecule has 22 heteroatoms. The first-order chi connectivity index (χ1) is 33.1. The lowest BCUT2D eigenvalue weighted by Crippen LogP contribution is -3.61. The largest absolute Gasteiger partial charge is 0.745 e. The number of benzene rings is 4. The summed E-state index contributed by atoms with van der Waals surface area (Å²) in [6, 6.07) is 36.8. The molecule has 4 aromatic rings. The van der Waals surface area contributed by atoms with Crippen LogP contribution in [0.1, 0.15) is 105 Å². The summed E-state index contributed by atoms with van der Waals surface area (Å²) in [5.74, 6) is -23.2. The van der Waals surface area contributed by atoms with Crippen LogP contribution in [0.4, 0.5) is 52.7 Å². The van der Waals surface area contributed by atoms with E-state index in [2.05, 4.69) is 180 Å². The van der Waals surface area contributed by atoms with Gasteiger partial charge in [-0.3, -0.25) is 0 Å². The van der Waals surface area contributed by atoms with E-state index in [1.165, 1.54) is 36.5 Å². The predicted octanol–water partition coefficient (Wildman–Crippen LogP) is 7.57. The Hall–Kier alpha value is -3.20. The molecular weight excluding hydrogens is 1270 g/mol. The SMILES string of the molecule is CC(C)(C)c1ccc([I+]c2ccc(C(C)(C)C)cc2)cc1.CC(C)(C)c1ccc([I+]c2ccc(C(C)(C)C)cc2)cc1.O=S(=O)([O-])C1(F)C=CC(F)C(F)(F)C1(F)F.O=S(=O)([O-])C1(F)C=CC(F)C(F)(F)C1(F)F. The molecule has 0 saturated heterocycles. The minimum absolute atomic E-state index is 0.0703. The molecule has 0 aromatic heterocycles. The molecule has 4 atom stereocenters. The molecule has 0 spiro atoms. The standard InChI is InChI=1S/2C20H26I.2C6H4F6O3S/c2*1-19(2,3)15-7-11-17(12-8-15)21-18-13-9-16(10-14-18)20(4,5)6;2*7-3-1-2-4(8,16(13,14)15)6(11,12)5(3,9)10/h2*7-14H,1-6H3;2*1-3H,(H,13,14,15)/q2*+1;;/p-2. The van der Waals surface area contributed by atoms with Crippen molar-refractivity contribution >= 4 is 20.2 Å². The maximum Gasteiger partial charge on any atom is 0.363 e. The van der Waals surface area contributed by atoms with Gasteiger partial charge in [-0.15, -0.1) is 0 Å². The van der Waals surface area contributed by atoms with Gasteiger partial charge in [0.2, 0.25) is 0 Å². The van der Waals surface area contributed by atoms with E-state index in [1.807, 2.05) is 0 Å². The van der Waals surface area contributed by atoms with Gasteiger partial charge in [0.15, 0.2) is 26.6 Å². The van der Waals surface area contributed by atoms with Gasteiger partial charge in [-0.05, 0) is 117 Å². The Morgan fingerprint density at radius 1 is 0.378 bits per heavy atom. The number of allylic oxidation sites excluding steroid dienone is 2. The Balaban J connectivity index is 0.000000263. The van der Waals surface area contributed by atoms with Gasteiger partial charge in [0, 0.05) is 0 Å². The second kappa shape index (κ2) is 22.6. The highest BCUT2D eigenvalue weighted by molar-refractivity contribution is 7.87. The Kier molecular flexibility index (Phi) is 19.9. The zero-order valence-electron chi connectivity index (χ0n) is 42.3. The number of rotatable bonds is 6. The maximum absolute atomic E-state index is 13.1.